The molecular formula is C9H11F2N5. The maximum Gasteiger partial charge on any atom is 0.257 e. The zero-order chi connectivity index (χ0) is 11.4. The number of nitrogens with one attached hydrogen (secondary N) is 2. The molecule has 2 heterocycles. The number of halogens is 2. The highest BCUT2D eigenvalue weighted by Crippen LogP contribution is 2.08. The summed E-state index contributed by atoms with van der Waals surface area (Å²) in [5.74, 6) is 0. The molecule has 2 rings (SSSR count). The fraction of sp³-hybridized carbons (Fsp3) is 0.333. The lowest BCUT2D eigenvalue weighted by Gasteiger charge is -2.00. The SMILES string of the molecule is FC(F)Cn1cc(NCc2cnc[nH]2)cn1. The van der Waals surface area contributed by atoms with Crippen LogP contribution >= 0.6 is 0 Å². The van der Waals surface area contributed by atoms with Crippen molar-refractivity contribution in [1.82, 2.24) is 19.7 Å². The molecule has 16 heavy (non-hydrogen) atoms. The average Bonchev–Trinajstić information content (AvgIpc) is 2.84. The highest BCUT2D eigenvalue weighted by molar-refractivity contribution is 5.38. The van der Waals surface area contributed by atoms with Gasteiger partial charge in [0.05, 0.1) is 30.5 Å². The van der Waals surface area contributed by atoms with Crippen molar-refractivity contribution < 1.29 is 8.78 Å². The number of anilines is 1. The average molecular weight is 227 g/mol. The van der Waals surface area contributed by atoms with E-state index in [-0.39, 0.29) is 6.54 Å². The minimum absolute atomic E-state index is 0.383. The normalized spacial score (nSPS) is 10.9. The minimum atomic E-state index is -2.39. The van der Waals surface area contributed by atoms with Crippen molar-refractivity contribution in [3.63, 3.8) is 0 Å². The predicted molar refractivity (Wildman–Crippen MR) is 54.1 cm³/mol. The van der Waals surface area contributed by atoms with Crippen molar-refractivity contribution in [2.24, 2.45) is 0 Å². The Kier molecular flexibility index (Phi) is 3.13. The van der Waals surface area contributed by atoms with Crippen LogP contribution in [0.25, 0.3) is 0 Å². The van der Waals surface area contributed by atoms with E-state index in [0.29, 0.717) is 12.2 Å². The zero-order valence-electron chi connectivity index (χ0n) is 8.40. The monoisotopic (exact) mass is 227 g/mol. The van der Waals surface area contributed by atoms with Crippen molar-refractivity contribution in [1.29, 1.82) is 0 Å². The number of nitrogens with zero attached hydrogens (tertiary/aromatic N) is 3. The Balaban J connectivity index is 1.88. The van der Waals surface area contributed by atoms with Crippen molar-refractivity contribution in [3.8, 4) is 0 Å². The number of alkyl halides is 2. The molecule has 0 saturated heterocycles. The van der Waals surface area contributed by atoms with Gasteiger partial charge < -0.3 is 10.3 Å². The van der Waals surface area contributed by atoms with E-state index in [2.05, 4.69) is 20.4 Å². The van der Waals surface area contributed by atoms with Crippen LogP contribution in [-0.4, -0.2) is 26.2 Å². The first kappa shape index (κ1) is 10.6. The summed E-state index contributed by atoms with van der Waals surface area (Å²) in [6.45, 7) is 0.173. The number of aromatic amines is 1. The van der Waals surface area contributed by atoms with Gasteiger partial charge in [-0.25, -0.2) is 13.8 Å². The third kappa shape index (κ3) is 2.78. The van der Waals surface area contributed by atoms with Crippen LogP contribution in [0.15, 0.2) is 24.9 Å². The first-order valence-electron chi connectivity index (χ1n) is 4.76. The molecular weight excluding hydrogens is 216 g/mol. The standard InChI is InChI=1S/C9H11F2N5/c10-9(11)5-16-4-8(3-15-16)13-2-7-1-12-6-14-7/h1,3-4,6,9,13H,2,5H2,(H,12,14). The van der Waals surface area contributed by atoms with Crippen LogP contribution in [0, 0.1) is 0 Å². The van der Waals surface area contributed by atoms with Gasteiger partial charge in [-0.15, -0.1) is 0 Å². The Morgan fingerprint density at radius 1 is 1.44 bits per heavy atom. The molecule has 2 aromatic heterocycles. The molecule has 7 heteroatoms. The van der Waals surface area contributed by atoms with Crippen LogP contribution in [0.5, 0.6) is 0 Å². The van der Waals surface area contributed by atoms with Gasteiger partial charge >= 0.3 is 0 Å². The molecule has 0 amide bonds. The number of imidazole rings is 1. The number of aromatic nitrogens is 4. The van der Waals surface area contributed by atoms with Gasteiger partial charge in [0, 0.05) is 12.4 Å². The molecule has 0 aliphatic rings. The summed E-state index contributed by atoms with van der Waals surface area (Å²) in [4.78, 5) is 6.79. The van der Waals surface area contributed by atoms with E-state index >= 15 is 0 Å². The lowest BCUT2D eigenvalue weighted by molar-refractivity contribution is 0.122. The molecule has 2 N–H and O–H groups in total. The molecule has 5 nitrogen and oxygen atoms in total. The first-order valence-corrected chi connectivity index (χ1v) is 4.76. The van der Waals surface area contributed by atoms with Gasteiger partial charge in [0.2, 0.25) is 0 Å². The lowest BCUT2D eigenvalue weighted by Crippen LogP contribution is -2.06. The van der Waals surface area contributed by atoms with Crippen molar-refractivity contribution in [2.45, 2.75) is 19.5 Å². The molecule has 0 aliphatic carbocycles. The van der Waals surface area contributed by atoms with E-state index < -0.39 is 6.43 Å². The Labute approximate surface area is 90.5 Å². The largest absolute Gasteiger partial charge is 0.377 e. The summed E-state index contributed by atoms with van der Waals surface area (Å²) in [5, 5.41) is 6.85. The molecule has 0 bridgehead atoms. The van der Waals surface area contributed by atoms with E-state index in [0.717, 1.165) is 5.69 Å². The molecule has 0 atom stereocenters. The maximum atomic E-state index is 12.0. The van der Waals surface area contributed by atoms with Gasteiger partial charge in [0.25, 0.3) is 6.43 Å². The van der Waals surface area contributed by atoms with Crippen LogP contribution in [0.4, 0.5) is 14.5 Å². The number of rotatable bonds is 5. The van der Waals surface area contributed by atoms with Crippen molar-refractivity contribution in [3.05, 3.63) is 30.6 Å². The van der Waals surface area contributed by atoms with E-state index in [9.17, 15) is 8.78 Å². The second kappa shape index (κ2) is 4.73. The second-order valence-corrected chi connectivity index (χ2v) is 3.27. The minimum Gasteiger partial charge on any atom is -0.377 e. The molecule has 0 unspecified atom stereocenters. The summed E-state index contributed by atoms with van der Waals surface area (Å²) in [6.07, 6.45) is 3.94. The highest BCUT2D eigenvalue weighted by Gasteiger charge is 2.05. The summed E-state index contributed by atoms with van der Waals surface area (Å²) in [6, 6.07) is 0. The van der Waals surface area contributed by atoms with Gasteiger partial charge in [-0.3, -0.25) is 4.68 Å². The smallest absolute Gasteiger partial charge is 0.257 e. The molecule has 0 aliphatic heterocycles. The Morgan fingerprint density at radius 2 is 2.31 bits per heavy atom. The summed E-state index contributed by atoms with van der Waals surface area (Å²) >= 11 is 0. The second-order valence-electron chi connectivity index (χ2n) is 3.27. The summed E-state index contributed by atoms with van der Waals surface area (Å²) in [7, 11) is 0. The number of H-pyrrole nitrogens is 1. The molecule has 0 saturated carbocycles. The molecule has 2 aromatic rings. The van der Waals surface area contributed by atoms with Crippen molar-refractivity contribution in [2.75, 3.05) is 5.32 Å². The fourth-order valence-corrected chi connectivity index (χ4v) is 1.27. The maximum absolute atomic E-state index is 12.0. The van der Waals surface area contributed by atoms with E-state index in [1.165, 1.54) is 10.9 Å². The van der Waals surface area contributed by atoms with Crippen molar-refractivity contribution >= 4 is 5.69 Å². The van der Waals surface area contributed by atoms with Gasteiger partial charge in [0.15, 0.2) is 0 Å². The third-order valence-corrected chi connectivity index (χ3v) is 2.00. The van der Waals surface area contributed by atoms with Crippen LogP contribution in [-0.2, 0) is 13.1 Å². The molecule has 0 fully saturated rings. The van der Waals surface area contributed by atoms with E-state index in [1.807, 2.05) is 0 Å². The van der Waals surface area contributed by atoms with Crippen LogP contribution in [0.3, 0.4) is 0 Å². The van der Waals surface area contributed by atoms with Gasteiger partial charge in [-0.1, -0.05) is 0 Å². The quantitative estimate of drug-likeness (QED) is 0.813. The topological polar surface area (TPSA) is 58.5 Å². The van der Waals surface area contributed by atoms with Gasteiger partial charge in [0.1, 0.15) is 6.54 Å². The molecule has 0 radical (unpaired) electrons. The molecule has 0 spiro atoms. The lowest BCUT2D eigenvalue weighted by atomic mass is 10.4. The van der Waals surface area contributed by atoms with Gasteiger partial charge in [-0.2, -0.15) is 5.10 Å². The van der Waals surface area contributed by atoms with Crippen LogP contribution < -0.4 is 5.32 Å². The summed E-state index contributed by atoms with van der Waals surface area (Å²) in [5.41, 5.74) is 1.62. The molecule has 86 valence electrons. The number of hydrogen-bond acceptors (Lipinski definition) is 3. The van der Waals surface area contributed by atoms with E-state index in [1.54, 1.807) is 18.7 Å². The summed E-state index contributed by atoms with van der Waals surface area (Å²) < 4.78 is 25.3. The van der Waals surface area contributed by atoms with Gasteiger partial charge in [-0.05, 0) is 0 Å². The predicted octanol–water partition coefficient (Wildman–Crippen LogP) is 1.48. The van der Waals surface area contributed by atoms with Crippen LogP contribution in [0.1, 0.15) is 5.69 Å². The number of hydrogen-bond donors (Lipinski definition) is 2. The zero-order valence-corrected chi connectivity index (χ0v) is 8.40. The Morgan fingerprint density at radius 3 is 3.00 bits per heavy atom. The van der Waals surface area contributed by atoms with E-state index in [4.69, 9.17) is 0 Å². The third-order valence-electron chi connectivity index (χ3n) is 2.00. The Bertz CT molecular complexity index is 423. The first-order chi connectivity index (χ1) is 7.74. The highest BCUT2D eigenvalue weighted by atomic mass is 19.3. The molecule has 0 aromatic carbocycles. The Hall–Kier alpha value is -1.92. The fourth-order valence-electron chi connectivity index (χ4n) is 1.27. The van der Waals surface area contributed by atoms with Crippen LogP contribution in [0.2, 0.25) is 0 Å².